The van der Waals surface area contributed by atoms with Crippen LogP contribution >= 0.6 is 0 Å². The van der Waals surface area contributed by atoms with Gasteiger partial charge < -0.3 is 14.6 Å². The van der Waals surface area contributed by atoms with E-state index < -0.39 is 21.0 Å². The number of rotatable bonds is 11. The maximum atomic E-state index is 15.0. The lowest BCUT2D eigenvalue weighted by molar-refractivity contribution is -0.128. The highest BCUT2D eigenvalue weighted by molar-refractivity contribution is 7.92. The van der Waals surface area contributed by atoms with E-state index in [0.717, 1.165) is 11.8 Å². The van der Waals surface area contributed by atoms with E-state index in [4.69, 9.17) is 9.94 Å². The third kappa shape index (κ3) is 7.01. The van der Waals surface area contributed by atoms with Gasteiger partial charge in [-0.05, 0) is 61.0 Å². The van der Waals surface area contributed by atoms with Crippen molar-refractivity contribution in [1.29, 1.82) is 0 Å². The Hall–Kier alpha value is -3.12. The molecular formula is C26H32FN3O6S. The Morgan fingerprint density at radius 3 is 2.54 bits per heavy atom. The van der Waals surface area contributed by atoms with Crippen LogP contribution in [-0.4, -0.2) is 54.9 Å². The number of methoxy groups -OCH3 is 1. The van der Waals surface area contributed by atoms with E-state index in [1.54, 1.807) is 37.4 Å². The second kappa shape index (κ2) is 11.5. The van der Waals surface area contributed by atoms with Crippen LogP contribution in [0.2, 0.25) is 0 Å². The second-order valence-corrected chi connectivity index (χ2v) is 11.8. The summed E-state index contributed by atoms with van der Waals surface area (Å²) in [5, 5.41) is 11.6. The molecule has 2 aromatic carbocycles. The van der Waals surface area contributed by atoms with Crippen LogP contribution in [0, 0.1) is 5.82 Å². The number of pyridine rings is 1. The predicted octanol–water partition coefficient (Wildman–Crippen LogP) is 2.63. The highest BCUT2D eigenvalue weighted by Gasteiger charge is 2.28. The highest BCUT2D eigenvalue weighted by atomic mass is 32.2. The number of hydrogen-bond donors (Lipinski definition) is 3. The monoisotopic (exact) mass is 533 g/mol. The predicted molar refractivity (Wildman–Crippen MR) is 140 cm³/mol. The van der Waals surface area contributed by atoms with Gasteiger partial charge in [0.1, 0.15) is 11.1 Å². The smallest absolute Gasteiger partial charge is 0.261 e. The van der Waals surface area contributed by atoms with Gasteiger partial charge in [-0.3, -0.25) is 14.8 Å². The standard InChI is InChI=1S/C26H32FN3O6S/c1-26(2,36-3)16-28-15-17-5-7-20(22(27)13-17)18-6-8-21-19(14-18)9-11-30(25(21)32)12-10-23(24(31)29-33)37(4,34)35/h5-9,11,13-14,23,28,33H,10,12,15-16H2,1-4H3,(H,29,31)/t23-/m1/s1. The van der Waals surface area contributed by atoms with Crippen LogP contribution in [0.4, 0.5) is 4.39 Å². The average Bonchev–Trinajstić information content (AvgIpc) is 2.84. The Balaban J connectivity index is 1.80. The molecule has 0 aliphatic heterocycles. The molecule has 0 saturated heterocycles. The van der Waals surface area contributed by atoms with Crippen LogP contribution in [-0.2, 0) is 32.5 Å². The lowest BCUT2D eigenvalue weighted by Crippen LogP contribution is -2.39. The molecule has 3 rings (SSSR count). The first-order valence-electron chi connectivity index (χ1n) is 11.7. The van der Waals surface area contributed by atoms with Gasteiger partial charge in [-0.2, -0.15) is 0 Å². The van der Waals surface area contributed by atoms with E-state index in [9.17, 15) is 22.4 Å². The molecule has 9 nitrogen and oxygen atoms in total. The summed E-state index contributed by atoms with van der Waals surface area (Å²) in [6, 6.07) is 11.7. The van der Waals surface area contributed by atoms with Crippen molar-refractivity contribution in [1.82, 2.24) is 15.4 Å². The molecule has 37 heavy (non-hydrogen) atoms. The molecule has 1 amide bonds. The molecule has 1 heterocycles. The molecule has 0 aliphatic carbocycles. The molecule has 1 atom stereocenters. The van der Waals surface area contributed by atoms with Gasteiger partial charge in [0, 0.05) is 50.1 Å². The van der Waals surface area contributed by atoms with Gasteiger partial charge in [0.25, 0.3) is 11.5 Å². The number of hydrogen-bond acceptors (Lipinski definition) is 7. The quantitative estimate of drug-likeness (QED) is 0.255. The maximum Gasteiger partial charge on any atom is 0.261 e. The molecule has 1 aromatic heterocycles. The molecular weight excluding hydrogens is 501 g/mol. The van der Waals surface area contributed by atoms with Gasteiger partial charge in [-0.25, -0.2) is 18.3 Å². The summed E-state index contributed by atoms with van der Waals surface area (Å²) in [5.74, 6) is -1.43. The minimum atomic E-state index is -3.79. The van der Waals surface area contributed by atoms with Gasteiger partial charge in [0.05, 0.1) is 5.60 Å². The third-order valence-electron chi connectivity index (χ3n) is 6.31. The summed E-state index contributed by atoms with van der Waals surface area (Å²) in [5.41, 5.74) is 2.46. The molecule has 0 bridgehead atoms. The fourth-order valence-corrected chi connectivity index (χ4v) is 4.96. The van der Waals surface area contributed by atoms with Crippen molar-refractivity contribution in [2.45, 2.75) is 44.2 Å². The molecule has 0 spiro atoms. The summed E-state index contributed by atoms with van der Waals surface area (Å²) >= 11 is 0. The van der Waals surface area contributed by atoms with Crippen LogP contribution in [0.5, 0.6) is 0 Å². The van der Waals surface area contributed by atoms with Crippen LogP contribution < -0.4 is 16.4 Å². The Bertz CT molecular complexity index is 1450. The number of sulfone groups is 1. The van der Waals surface area contributed by atoms with Crippen molar-refractivity contribution < 1.29 is 27.5 Å². The molecule has 11 heteroatoms. The normalized spacial score (nSPS) is 13.0. The van der Waals surface area contributed by atoms with E-state index >= 15 is 0 Å². The maximum absolute atomic E-state index is 15.0. The molecule has 3 N–H and O–H groups in total. The number of halogens is 1. The van der Waals surface area contributed by atoms with Gasteiger partial charge >= 0.3 is 0 Å². The summed E-state index contributed by atoms with van der Waals surface area (Å²) in [7, 11) is -2.15. The van der Waals surface area contributed by atoms with Crippen molar-refractivity contribution >= 4 is 26.5 Å². The highest BCUT2D eigenvalue weighted by Crippen LogP contribution is 2.26. The first-order chi connectivity index (χ1) is 17.4. The van der Waals surface area contributed by atoms with Crippen molar-refractivity contribution in [3.05, 3.63) is 70.4 Å². The van der Waals surface area contributed by atoms with E-state index in [1.165, 1.54) is 22.3 Å². The molecule has 0 aliphatic rings. The van der Waals surface area contributed by atoms with Gasteiger partial charge in [0.2, 0.25) is 0 Å². The van der Waals surface area contributed by atoms with E-state index in [0.29, 0.717) is 35.0 Å². The number of ether oxygens (including phenoxy) is 1. The number of carbonyl (C=O) groups excluding carboxylic acids is 1. The zero-order valence-corrected chi connectivity index (χ0v) is 22.1. The zero-order chi connectivity index (χ0) is 27.4. The average molecular weight is 534 g/mol. The van der Waals surface area contributed by atoms with Crippen LogP contribution in [0.15, 0.2) is 53.5 Å². The van der Waals surface area contributed by atoms with Crippen molar-refractivity contribution in [2.75, 3.05) is 19.9 Å². The number of nitrogens with one attached hydrogen (secondary N) is 2. The fraction of sp³-hybridized carbons (Fsp3) is 0.385. The fourth-order valence-electron chi connectivity index (χ4n) is 3.98. The second-order valence-electron chi connectivity index (χ2n) is 9.58. The van der Waals surface area contributed by atoms with Crippen LogP contribution in [0.1, 0.15) is 25.8 Å². The number of hydroxylamine groups is 1. The number of amides is 1. The molecule has 0 saturated carbocycles. The number of nitrogens with zero attached hydrogens (tertiary/aromatic N) is 1. The van der Waals surface area contributed by atoms with Crippen LogP contribution in [0.3, 0.4) is 0 Å². The molecule has 0 fully saturated rings. The van der Waals surface area contributed by atoms with Crippen LogP contribution in [0.25, 0.3) is 21.9 Å². The minimum absolute atomic E-state index is 0.0482. The molecule has 200 valence electrons. The van der Waals surface area contributed by atoms with Crippen molar-refractivity contribution in [2.24, 2.45) is 0 Å². The lowest BCUT2D eigenvalue weighted by atomic mass is 10.00. The van der Waals surface area contributed by atoms with Crippen molar-refractivity contribution in [3.63, 3.8) is 0 Å². The van der Waals surface area contributed by atoms with Crippen molar-refractivity contribution in [3.8, 4) is 11.1 Å². The molecule has 0 radical (unpaired) electrons. The van der Waals surface area contributed by atoms with E-state index in [1.807, 2.05) is 19.9 Å². The Labute approximate surface area is 215 Å². The zero-order valence-electron chi connectivity index (χ0n) is 21.2. The largest absolute Gasteiger partial charge is 0.377 e. The number of carbonyl (C=O) groups is 1. The van der Waals surface area contributed by atoms with Gasteiger partial charge in [-0.15, -0.1) is 0 Å². The molecule has 3 aromatic rings. The first kappa shape index (κ1) is 28.5. The summed E-state index contributed by atoms with van der Waals surface area (Å²) in [4.78, 5) is 24.7. The van der Waals surface area contributed by atoms with E-state index in [2.05, 4.69) is 5.32 Å². The number of aromatic nitrogens is 1. The third-order valence-corrected chi connectivity index (χ3v) is 7.79. The number of benzene rings is 2. The number of fused-ring (bicyclic) bond motifs is 1. The summed E-state index contributed by atoms with van der Waals surface area (Å²) in [6.45, 7) is 4.97. The first-order valence-corrected chi connectivity index (χ1v) is 13.6. The Morgan fingerprint density at radius 1 is 1.19 bits per heavy atom. The number of aryl methyl sites for hydroxylation is 1. The summed E-state index contributed by atoms with van der Waals surface area (Å²) in [6.07, 6.45) is 2.20. The topological polar surface area (TPSA) is 127 Å². The lowest BCUT2D eigenvalue weighted by Gasteiger charge is -2.23. The molecule has 0 unspecified atom stereocenters. The van der Waals surface area contributed by atoms with Gasteiger partial charge in [0.15, 0.2) is 9.84 Å². The van der Waals surface area contributed by atoms with Gasteiger partial charge in [-0.1, -0.05) is 18.2 Å². The Kier molecular flexibility index (Phi) is 8.85. The minimum Gasteiger partial charge on any atom is -0.377 e. The Morgan fingerprint density at radius 2 is 1.92 bits per heavy atom. The SMILES string of the molecule is COC(C)(C)CNCc1ccc(-c2ccc3c(=O)n(CC[C@H](C(=O)NO)S(C)(=O)=O)ccc3c2)c(F)c1. The summed E-state index contributed by atoms with van der Waals surface area (Å²) < 4.78 is 45.4. The van der Waals surface area contributed by atoms with E-state index in [-0.39, 0.29) is 29.9 Å².